The number of nitriles is 1. The first-order valence-corrected chi connectivity index (χ1v) is 5.84. The van der Waals surface area contributed by atoms with Crippen LogP contribution in [0, 0.1) is 11.3 Å². The zero-order valence-electron chi connectivity index (χ0n) is 10.5. The van der Waals surface area contributed by atoms with Gasteiger partial charge in [-0.25, -0.2) is 4.98 Å². The highest BCUT2D eigenvalue weighted by atomic mass is 16.4. The van der Waals surface area contributed by atoms with E-state index in [1.807, 2.05) is 24.3 Å². The molecule has 96 valence electrons. The van der Waals surface area contributed by atoms with Gasteiger partial charge in [-0.3, -0.25) is 4.79 Å². The molecule has 0 bridgehead atoms. The van der Waals surface area contributed by atoms with Crippen molar-refractivity contribution in [3.8, 4) is 6.07 Å². The predicted octanol–water partition coefficient (Wildman–Crippen LogP) is 2.02. The third-order valence-corrected chi connectivity index (χ3v) is 2.88. The lowest BCUT2D eigenvalue weighted by Crippen LogP contribution is -2.22. The Balaban J connectivity index is 2.39. The number of hydrogen-bond acceptors (Lipinski definition) is 4. The van der Waals surface area contributed by atoms with Crippen molar-refractivity contribution in [2.45, 2.75) is 6.42 Å². The van der Waals surface area contributed by atoms with E-state index in [0.29, 0.717) is 17.9 Å². The van der Waals surface area contributed by atoms with Crippen molar-refractivity contribution in [1.29, 1.82) is 5.26 Å². The van der Waals surface area contributed by atoms with Crippen LogP contribution in [0.2, 0.25) is 0 Å². The molecule has 0 saturated heterocycles. The summed E-state index contributed by atoms with van der Waals surface area (Å²) in [6.45, 7) is 0.353. The topological polar surface area (TPSA) is 77.2 Å². The highest BCUT2D eigenvalue weighted by Crippen LogP contribution is 2.21. The molecule has 0 aliphatic rings. The van der Waals surface area contributed by atoms with Gasteiger partial charge in [0.05, 0.1) is 23.6 Å². The smallest absolute Gasteiger partial charge is 0.305 e. The maximum Gasteiger partial charge on any atom is 0.305 e. The third-order valence-electron chi connectivity index (χ3n) is 2.88. The lowest BCUT2D eigenvalue weighted by molar-refractivity contribution is -0.136. The van der Waals surface area contributed by atoms with Crippen molar-refractivity contribution in [2.24, 2.45) is 0 Å². The molecule has 0 aliphatic carbocycles. The minimum absolute atomic E-state index is 0.0346. The summed E-state index contributed by atoms with van der Waals surface area (Å²) in [5.41, 5.74) is 1.28. The van der Waals surface area contributed by atoms with E-state index in [-0.39, 0.29) is 6.42 Å². The number of fused-ring (bicyclic) bond motifs is 1. The van der Waals surface area contributed by atoms with Gasteiger partial charge < -0.3 is 10.0 Å². The van der Waals surface area contributed by atoms with Gasteiger partial charge in [0, 0.05) is 19.0 Å². The molecule has 1 aromatic carbocycles. The highest BCUT2D eigenvalue weighted by molar-refractivity contribution is 5.86. The Morgan fingerprint density at radius 1 is 1.47 bits per heavy atom. The van der Waals surface area contributed by atoms with Gasteiger partial charge in [-0.1, -0.05) is 18.2 Å². The summed E-state index contributed by atoms with van der Waals surface area (Å²) >= 11 is 0. The van der Waals surface area contributed by atoms with E-state index in [2.05, 4.69) is 11.1 Å². The van der Waals surface area contributed by atoms with Crippen LogP contribution in [0.3, 0.4) is 0 Å². The van der Waals surface area contributed by atoms with Crippen molar-refractivity contribution < 1.29 is 9.90 Å². The number of aromatic nitrogens is 1. The summed E-state index contributed by atoms with van der Waals surface area (Å²) in [7, 11) is 1.77. The molecule has 2 rings (SSSR count). The minimum Gasteiger partial charge on any atom is -0.481 e. The largest absolute Gasteiger partial charge is 0.481 e. The van der Waals surface area contributed by atoms with Gasteiger partial charge in [0.2, 0.25) is 0 Å². The molecule has 0 saturated carbocycles. The molecule has 5 heteroatoms. The molecular formula is C14H13N3O2. The molecule has 2 aromatic rings. The summed E-state index contributed by atoms with van der Waals surface area (Å²) in [6.07, 6.45) is 0.0346. The maximum atomic E-state index is 10.6. The third kappa shape index (κ3) is 2.80. The number of hydrogen-bond donors (Lipinski definition) is 1. The molecule has 19 heavy (non-hydrogen) atoms. The number of carbonyl (C=O) groups is 1. The fourth-order valence-electron chi connectivity index (χ4n) is 1.83. The number of aliphatic carboxylic acids is 1. The van der Waals surface area contributed by atoms with Crippen LogP contribution in [0.1, 0.15) is 12.0 Å². The first-order chi connectivity index (χ1) is 9.11. The van der Waals surface area contributed by atoms with Crippen LogP contribution in [0.4, 0.5) is 5.82 Å². The Hall–Kier alpha value is -2.61. The van der Waals surface area contributed by atoms with Gasteiger partial charge in [0.15, 0.2) is 0 Å². The monoisotopic (exact) mass is 255 g/mol. The predicted molar refractivity (Wildman–Crippen MR) is 72.0 cm³/mol. The molecule has 1 aromatic heterocycles. The second-order valence-corrected chi connectivity index (χ2v) is 4.22. The van der Waals surface area contributed by atoms with Crippen LogP contribution in [0.15, 0.2) is 30.3 Å². The highest BCUT2D eigenvalue weighted by Gasteiger charge is 2.09. The maximum absolute atomic E-state index is 10.6. The number of carboxylic acids is 1. The van der Waals surface area contributed by atoms with E-state index in [0.717, 1.165) is 10.9 Å². The summed E-state index contributed by atoms with van der Waals surface area (Å²) in [5, 5.41) is 18.7. The van der Waals surface area contributed by atoms with Gasteiger partial charge >= 0.3 is 5.97 Å². The first-order valence-electron chi connectivity index (χ1n) is 5.84. The Labute approximate surface area is 110 Å². The van der Waals surface area contributed by atoms with E-state index in [1.165, 1.54) is 0 Å². The van der Waals surface area contributed by atoms with Crippen LogP contribution in [0.25, 0.3) is 10.9 Å². The van der Waals surface area contributed by atoms with Gasteiger partial charge in [-0.15, -0.1) is 0 Å². The van der Waals surface area contributed by atoms with Gasteiger partial charge in [0.1, 0.15) is 5.82 Å². The number of carboxylic acid groups (broad SMARTS) is 1. The van der Waals surface area contributed by atoms with Crippen LogP contribution in [-0.2, 0) is 4.79 Å². The zero-order valence-corrected chi connectivity index (χ0v) is 10.5. The number of pyridine rings is 1. The summed E-state index contributed by atoms with van der Waals surface area (Å²) in [6, 6.07) is 11.2. The SMILES string of the molecule is CN(CCC(=O)O)c1cc(C#N)c2ccccc2n1. The molecular weight excluding hydrogens is 242 g/mol. The van der Waals surface area contributed by atoms with E-state index in [1.54, 1.807) is 18.0 Å². The fourth-order valence-corrected chi connectivity index (χ4v) is 1.83. The average Bonchev–Trinajstić information content (AvgIpc) is 2.43. The Morgan fingerprint density at radius 3 is 2.89 bits per heavy atom. The summed E-state index contributed by atoms with van der Waals surface area (Å²) in [4.78, 5) is 16.8. The zero-order chi connectivity index (χ0) is 13.8. The number of rotatable bonds is 4. The molecule has 0 fully saturated rings. The molecule has 5 nitrogen and oxygen atoms in total. The summed E-state index contributed by atoms with van der Waals surface area (Å²) < 4.78 is 0. The van der Waals surface area contributed by atoms with Gasteiger partial charge in [0.25, 0.3) is 0 Å². The molecule has 0 aliphatic heterocycles. The van der Waals surface area contributed by atoms with Crippen molar-refractivity contribution >= 4 is 22.7 Å². The van der Waals surface area contributed by atoms with Crippen LogP contribution in [0.5, 0.6) is 0 Å². The minimum atomic E-state index is -0.854. The Kier molecular flexibility index (Phi) is 3.62. The lowest BCUT2D eigenvalue weighted by atomic mass is 10.1. The second kappa shape index (κ2) is 5.36. The van der Waals surface area contributed by atoms with Crippen molar-refractivity contribution in [2.75, 3.05) is 18.5 Å². The first kappa shape index (κ1) is 12.8. The molecule has 0 unspecified atom stereocenters. The molecule has 0 amide bonds. The molecule has 1 N–H and O–H groups in total. The van der Waals surface area contributed by atoms with E-state index < -0.39 is 5.97 Å². The fraction of sp³-hybridized carbons (Fsp3) is 0.214. The van der Waals surface area contributed by atoms with E-state index in [4.69, 9.17) is 10.4 Å². The van der Waals surface area contributed by atoms with E-state index >= 15 is 0 Å². The van der Waals surface area contributed by atoms with Gasteiger partial charge in [-0.05, 0) is 12.1 Å². The molecule has 1 heterocycles. The average molecular weight is 255 g/mol. The van der Waals surface area contributed by atoms with Crippen molar-refractivity contribution in [3.05, 3.63) is 35.9 Å². The van der Waals surface area contributed by atoms with Crippen LogP contribution < -0.4 is 4.90 Å². The lowest BCUT2D eigenvalue weighted by Gasteiger charge is -2.18. The number of benzene rings is 1. The van der Waals surface area contributed by atoms with E-state index in [9.17, 15) is 4.79 Å². The summed E-state index contributed by atoms with van der Waals surface area (Å²) in [5.74, 6) is -0.246. The van der Waals surface area contributed by atoms with Gasteiger partial charge in [-0.2, -0.15) is 5.26 Å². The van der Waals surface area contributed by atoms with Crippen molar-refractivity contribution in [1.82, 2.24) is 4.98 Å². The normalized spacial score (nSPS) is 10.1. The van der Waals surface area contributed by atoms with Crippen LogP contribution >= 0.6 is 0 Å². The quantitative estimate of drug-likeness (QED) is 0.904. The number of anilines is 1. The standard InChI is InChI=1S/C14H13N3O2/c1-17(7-6-14(18)19)13-8-10(9-15)11-4-2-3-5-12(11)16-13/h2-5,8H,6-7H2,1H3,(H,18,19). The second-order valence-electron chi connectivity index (χ2n) is 4.22. The number of nitrogens with zero attached hydrogens (tertiary/aromatic N) is 3. The molecule has 0 spiro atoms. The van der Waals surface area contributed by atoms with Crippen LogP contribution in [-0.4, -0.2) is 29.7 Å². The Morgan fingerprint density at radius 2 is 2.21 bits per heavy atom. The Bertz CT molecular complexity index is 661. The molecule has 0 radical (unpaired) electrons. The molecule has 0 atom stereocenters. The van der Waals surface area contributed by atoms with Crippen molar-refractivity contribution in [3.63, 3.8) is 0 Å². The number of para-hydroxylation sites is 1.